The average molecular weight is 352 g/mol. The van der Waals surface area contributed by atoms with Crippen LogP contribution < -0.4 is 5.32 Å². The van der Waals surface area contributed by atoms with Crippen LogP contribution in [0.25, 0.3) is 5.65 Å². The van der Waals surface area contributed by atoms with Crippen LogP contribution in [0.15, 0.2) is 12.4 Å². The van der Waals surface area contributed by atoms with Gasteiger partial charge in [0.05, 0.1) is 6.61 Å². The van der Waals surface area contributed by atoms with Crippen molar-refractivity contribution in [2.45, 2.75) is 32.2 Å². The number of nitrogens with one attached hydrogen (secondary N) is 1. The predicted octanol–water partition coefficient (Wildman–Crippen LogP) is 1.27. The third-order valence-electron chi connectivity index (χ3n) is 4.40. The quantitative estimate of drug-likeness (QED) is 0.847. The lowest BCUT2D eigenvalue weighted by atomic mass is 10.0. The van der Waals surface area contributed by atoms with Crippen LogP contribution in [0.4, 0.5) is 0 Å². The number of amides is 1. The van der Waals surface area contributed by atoms with Crippen LogP contribution in [0.3, 0.4) is 0 Å². The van der Waals surface area contributed by atoms with Gasteiger partial charge in [-0.25, -0.2) is 9.50 Å². The number of halogens is 1. The van der Waals surface area contributed by atoms with E-state index in [0.29, 0.717) is 18.7 Å². The second kappa shape index (κ2) is 7.46. The van der Waals surface area contributed by atoms with E-state index in [1.165, 1.54) is 4.52 Å². The molecular formula is C16H22ClN5O2. The van der Waals surface area contributed by atoms with Crippen molar-refractivity contribution in [3.05, 3.63) is 28.7 Å². The number of rotatable bonds is 5. The monoisotopic (exact) mass is 351 g/mol. The average Bonchev–Trinajstić information content (AvgIpc) is 2.91. The molecular weight excluding hydrogens is 330 g/mol. The maximum absolute atomic E-state index is 12.3. The number of nitrogens with zero attached hydrogens (tertiary/aromatic N) is 4. The summed E-state index contributed by atoms with van der Waals surface area (Å²) in [5.41, 5.74) is 1.60. The number of piperidine rings is 1. The SMILES string of the molecule is Cc1cnc2c(Cl)c(C(=O)NCCN3CCCCC3CO)nn2c1. The molecule has 1 fully saturated rings. The molecule has 3 heterocycles. The molecule has 8 heteroatoms. The number of fused-ring (bicyclic) bond motifs is 1. The Balaban J connectivity index is 1.62. The second-order valence-corrected chi connectivity index (χ2v) is 6.56. The van der Waals surface area contributed by atoms with Crippen LogP contribution in [0, 0.1) is 6.92 Å². The van der Waals surface area contributed by atoms with Crippen LogP contribution in [0.1, 0.15) is 35.3 Å². The highest BCUT2D eigenvalue weighted by atomic mass is 35.5. The molecule has 130 valence electrons. The lowest BCUT2D eigenvalue weighted by molar-refractivity contribution is 0.0846. The summed E-state index contributed by atoms with van der Waals surface area (Å²) in [4.78, 5) is 18.8. The third kappa shape index (κ3) is 3.53. The van der Waals surface area contributed by atoms with E-state index in [0.717, 1.165) is 31.4 Å². The van der Waals surface area contributed by atoms with E-state index in [2.05, 4.69) is 20.3 Å². The van der Waals surface area contributed by atoms with Gasteiger partial charge in [0.15, 0.2) is 11.3 Å². The molecule has 1 saturated heterocycles. The van der Waals surface area contributed by atoms with E-state index >= 15 is 0 Å². The summed E-state index contributed by atoms with van der Waals surface area (Å²) in [6, 6.07) is 0.196. The molecule has 24 heavy (non-hydrogen) atoms. The van der Waals surface area contributed by atoms with Crippen LogP contribution in [-0.4, -0.2) is 62.8 Å². The van der Waals surface area contributed by atoms with E-state index in [-0.39, 0.29) is 29.3 Å². The number of likely N-dealkylation sites (tertiary alicyclic amines) is 1. The fourth-order valence-electron chi connectivity index (χ4n) is 3.10. The van der Waals surface area contributed by atoms with Gasteiger partial charge in [-0.1, -0.05) is 18.0 Å². The van der Waals surface area contributed by atoms with E-state index in [1.807, 2.05) is 6.92 Å². The van der Waals surface area contributed by atoms with Gasteiger partial charge >= 0.3 is 0 Å². The van der Waals surface area contributed by atoms with Crippen LogP contribution in [0.5, 0.6) is 0 Å². The second-order valence-electron chi connectivity index (χ2n) is 6.19. The molecule has 7 nitrogen and oxygen atoms in total. The minimum absolute atomic E-state index is 0.164. The van der Waals surface area contributed by atoms with Crippen molar-refractivity contribution in [1.29, 1.82) is 0 Å². The van der Waals surface area contributed by atoms with Gasteiger partial charge in [0.25, 0.3) is 5.91 Å². The van der Waals surface area contributed by atoms with Crippen molar-refractivity contribution >= 4 is 23.2 Å². The number of carbonyl (C=O) groups is 1. The van der Waals surface area contributed by atoms with Gasteiger partial charge in [0, 0.05) is 31.5 Å². The number of hydrogen-bond donors (Lipinski definition) is 2. The Labute approximate surface area is 145 Å². The number of aliphatic hydroxyl groups is 1. The molecule has 1 atom stereocenters. The van der Waals surface area contributed by atoms with Crippen molar-refractivity contribution in [1.82, 2.24) is 24.8 Å². The lowest BCUT2D eigenvalue weighted by Crippen LogP contribution is -2.45. The molecule has 2 aromatic rings. The normalized spacial score (nSPS) is 18.9. The van der Waals surface area contributed by atoms with Crippen molar-refractivity contribution in [3.63, 3.8) is 0 Å². The van der Waals surface area contributed by atoms with Crippen molar-refractivity contribution in [2.24, 2.45) is 0 Å². The highest BCUT2D eigenvalue weighted by Crippen LogP contribution is 2.20. The van der Waals surface area contributed by atoms with E-state index in [1.54, 1.807) is 12.4 Å². The molecule has 0 radical (unpaired) electrons. The van der Waals surface area contributed by atoms with Crippen molar-refractivity contribution in [2.75, 3.05) is 26.2 Å². The van der Waals surface area contributed by atoms with Gasteiger partial charge in [0.2, 0.25) is 0 Å². The molecule has 2 aromatic heterocycles. The Kier molecular flexibility index (Phi) is 5.33. The first-order valence-electron chi connectivity index (χ1n) is 8.23. The largest absolute Gasteiger partial charge is 0.395 e. The summed E-state index contributed by atoms with van der Waals surface area (Å²) in [6.07, 6.45) is 6.76. The van der Waals surface area contributed by atoms with Crippen LogP contribution in [-0.2, 0) is 0 Å². The van der Waals surface area contributed by atoms with Crippen molar-refractivity contribution < 1.29 is 9.90 Å². The zero-order valence-electron chi connectivity index (χ0n) is 13.7. The third-order valence-corrected chi connectivity index (χ3v) is 4.75. The summed E-state index contributed by atoms with van der Waals surface area (Å²) >= 11 is 6.23. The zero-order chi connectivity index (χ0) is 17.1. The molecule has 0 saturated carbocycles. The highest BCUT2D eigenvalue weighted by Gasteiger charge is 2.22. The van der Waals surface area contributed by atoms with Gasteiger partial charge in [-0.05, 0) is 31.9 Å². The van der Waals surface area contributed by atoms with Crippen LogP contribution in [0.2, 0.25) is 5.02 Å². The van der Waals surface area contributed by atoms with E-state index in [9.17, 15) is 9.90 Å². The molecule has 1 unspecified atom stereocenters. The highest BCUT2D eigenvalue weighted by molar-refractivity contribution is 6.36. The Hall–Kier alpha value is -1.70. The van der Waals surface area contributed by atoms with Gasteiger partial charge in [-0.2, -0.15) is 5.10 Å². The van der Waals surface area contributed by atoms with Gasteiger partial charge in [-0.3, -0.25) is 9.69 Å². The summed E-state index contributed by atoms with van der Waals surface area (Å²) in [5.74, 6) is -0.305. The molecule has 2 N–H and O–H groups in total. The maximum atomic E-state index is 12.3. The summed E-state index contributed by atoms with van der Waals surface area (Å²) in [5, 5.41) is 16.8. The molecule has 3 rings (SSSR count). The molecule has 0 bridgehead atoms. The summed E-state index contributed by atoms with van der Waals surface area (Å²) < 4.78 is 1.53. The Morgan fingerprint density at radius 1 is 1.50 bits per heavy atom. The first-order chi connectivity index (χ1) is 11.6. The van der Waals surface area contributed by atoms with Gasteiger partial charge in [-0.15, -0.1) is 0 Å². The number of aryl methyl sites for hydroxylation is 1. The Bertz CT molecular complexity index is 733. The first-order valence-corrected chi connectivity index (χ1v) is 8.61. The molecule has 0 spiro atoms. The number of carbonyl (C=O) groups excluding carboxylic acids is 1. The maximum Gasteiger partial charge on any atom is 0.273 e. The fourth-order valence-corrected chi connectivity index (χ4v) is 3.36. The molecule has 1 aliphatic heterocycles. The minimum atomic E-state index is -0.305. The van der Waals surface area contributed by atoms with E-state index in [4.69, 9.17) is 11.6 Å². The summed E-state index contributed by atoms with van der Waals surface area (Å²) in [6.45, 7) is 4.22. The van der Waals surface area contributed by atoms with Gasteiger partial charge < -0.3 is 10.4 Å². The van der Waals surface area contributed by atoms with Gasteiger partial charge in [0.1, 0.15) is 5.02 Å². The topological polar surface area (TPSA) is 82.8 Å². The Morgan fingerprint density at radius 2 is 2.33 bits per heavy atom. The van der Waals surface area contributed by atoms with E-state index < -0.39 is 0 Å². The molecule has 1 aliphatic rings. The zero-order valence-corrected chi connectivity index (χ0v) is 14.5. The van der Waals surface area contributed by atoms with Crippen LogP contribution >= 0.6 is 11.6 Å². The first kappa shape index (κ1) is 17.1. The fraction of sp³-hybridized carbons (Fsp3) is 0.562. The standard InChI is InChI=1S/C16H22ClN5O2/c1-11-8-19-15-13(17)14(20-22(15)9-11)16(24)18-5-7-21-6-3-2-4-12(21)10-23/h8-9,12,23H,2-7,10H2,1H3,(H,18,24). The molecule has 1 amide bonds. The molecule has 0 aliphatic carbocycles. The number of aromatic nitrogens is 3. The predicted molar refractivity (Wildman–Crippen MR) is 91.4 cm³/mol. The lowest BCUT2D eigenvalue weighted by Gasteiger charge is -2.34. The molecule has 0 aromatic carbocycles. The smallest absolute Gasteiger partial charge is 0.273 e. The minimum Gasteiger partial charge on any atom is -0.395 e. The summed E-state index contributed by atoms with van der Waals surface area (Å²) in [7, 11) is 0. The number of hydrogen-bond acceptors (Lipinski definition) is 5. The Morgan fingerprint density at radius 3 is 3.12 bits per heavy atom. The number of aliphatic hydroxyl groups excluding tert-OH is 1. The van der Waals surface area contributed by atoms with Crippen molar-refractivity contribution in [3.8, 4) is 0 Å².